The van der Waals surface area contributed by atoms with Crippen molar-refractivity contribution in [3.05, 3.63) is 10.8 Å². The molecule has 3 rings (SSSR count). The molecule has 0 aromatic carbocycles. The number of nitrogens with zero attached hydrogens (tertiary/aromatic N) is 2. The van der Waals surface area contributed by atoms with Crippen LogP contribution in [0.5, 0.6) is 0 Å². The average molecular weight is 241 g/mol. The molecule has 1 aliphatic carbocycles. The number of hydrogen-bond donors (Lipinski definition) is 2. The third-order valence-electron chi connectivity index (χ3n) is 3.61. The smallest absolute Gasteiger partial charge is 0.204 e. The molecule has 4 nitrogen and oxygen atoms in total. The Balaban J connectivity index is 1.95. The molecule has 1 fully saturated rings. The Morgan fingerprint density at radius 3 is 2.88 bits per heavy atom. The molecule has 2 aliphatic rings. The van der Waals surface area contributed by atoms with Gasteiger partial charge in [0.1, 0.15) is 5.15 Å². The van der Waals surface area contributed by atoms with Crippen molar-refractivity contribution >= 4 is 17.5 Å². The summed E-state index contributed by atoms with van der Waals surface area (Å²) in [7, 11) is 0. The fraction of sp³-hybridized carbons (Fsp3) is 0.727. The van der Waals surface area contributed by atoms with Gasteiger partial charge in [0.15, 0.2) is 0 Å². The number of aromatic nitrogens is 2. The summed E-state index contributed by atoms with van der Waals surface area (Å²) >= 11 is 6.39. The van der Waals surface area contributed by atoms with Crippen LogP contribution in [0.3, 0.4) is 0 Å². The minimum atomic E-state index is 0.135. The second kappa shape index (κ2) is 3.93. The van der Waals surface area contributed by atoms with E-state index in [1.165, 1.54) is 25.7 Å². The van der Waals surface area contributed by atoms with Gasteiger partial charge in [-0.3, -0.25) is 4.57 Å². The largest absolute Gasteiger partial charge is 0.354 e. The summed E-state index contributed by atoms with van der Waals surface area (Å²) in [6, 6.07) is 0.135. The van der Waals surface area contributed by atoms with Gasteiger partial charge in [0.25, 0.3) is 0 Å². The molecule has 0 radical (unpaired) electrons. The van der Waals surface area contributed by atoms with Gasteiger partial charge in [-0.2, -0.15) is 0 Å². The number of hydrogen-bond acceptors (Lipinski definition) is 3. The molecular formula is C11H17ClN4. The van der Waals surface area contributed by atoms with E-state index in [2.05, 4.69) is 10.3 Å². The summed E-state index contributed by atoms with van der Waals surface area (Å²) < 4.78 is 2.02. The first-order valence-corrected chi connectivity index (χ1v) is 6.39. The zero-order valence-electron chi connectivity index (χ0n) is 9.25. The van der Waals surface area contributed by atoms with E-state index in [9.17, 15) is 0 Å². The Morgan fingerprint density at radius 2 is 2.12 bits per heavy atom. The fourth-order valence-corrected chi connectivity index (χ4v) is 3.08. The van der Waals surface area contributed by atoms with Crippen molar-refractivity contribution in [1.29, 1.82) is 0 Å². The van der Waals surface area contributed by atoms with Crippen LogP contribution in [0.4, 0.5) is 5.95 Å². The molecule has 0 saturated heterocycles. The lowest BCUT2D eigenvalue weighted by Gasteiger charge is -2.21. The molecule has 0 spiro atoms. The molecule has 2 heterocycles. The van der Waals surface area contributed by atoms with E-state index in [-0.39, 0.29) is 6.04 Å². The summed E-state index contributed by atoms with van der Waals surface area (Å²) in [6.07, 6.45) is 5.05. The van der Waals surface area contributed by atoms with Crippen LogP contribution in [0.1, 0.15) is 37.3 Å². The van der Waals surface area contributed by atoms with Gasteiger partial charge in [-0.15, -0.1) is 0 Å². The van der Waals surface area contributed by atoms with E-state index in [0.29, 0.717) is 5.92 Å². The molecular weight excluding hydrogens is 224 g/mol. The summed E-state index contributed by atoms with van der Waals surface area (Å²) in [6.45, 7) is 1.57. The van der Waals surface area contributed by atoms with Crippen molar-refractivity contribution in [3.8, 4) is 0 Å². The standard InChI is InChI=1S/C11H17ClN4/c12-10-9(7-3-1-2-4-7)15-11-14-5-8(13)6-16(10)11/h7-8H,1-6,13H2,(H,14,15). The fourth-order valence-electron chi connectivity index (χ4n) is 2.73. The molecule has 1 unspecified atom stereocenters. The number of halogens is 1. The highest BCUT2D eigenvalue weighted by molar-refractivity contribution is 6.30. The summed E-state index contributed by atoms with van der Waals surface area (Å²) in [4.78, 5) is 4.63. The summed E-state index contributed by atoms with van der Waals surface area (Å²) in [5, 5.41) is 4.04. The normalized spacial score (nSPS) is 25.5. The maximum atomic E-state index is 6.39. The van der Waals surface area contributed by atoms with Gasteiger partial charge in [0.2, 0.25) is 5.95 Å². The molecule has 1 atom stereocenters. The van der Waals surface area contributed by atoms with Gasteiger partial charge < -0.3 is 11.1 Å². The zero-order valence-corrected chi connectivity index (χ0v) is 10.0. The molecule has 1 saturated carbocycles. The lowest BCUT2D eigenvalue weighted by molar-refractivity contribution is 0.542. The molecule has 88 valence electrons. The van der Waals surface area contributed by atoms with E-state index in [1.807, 2.05) is 4.57 Å². The van der Waals surface area contributed by atoms with Gasteiger partial charge in [-0.1, -0.05) is 24.4 Å². The Hall–Kier alpha value is -0.740. The van der Waals surface area contributed by atoms with Crippen molar-refractivity contribution in [2.24, 2.45) is 5.73 Å². The molecule has 0 amide bonds. The molecule has 16 heavy (non-hydrogen) atoms. The number of nitrogens with two attached hydrogens (primary N) is 1. The predicted molar refractivity (Wildman–Crippen MR) is 64.9 cm³/mol. The Morgan fingerprint density at radius 1 is 1.38 bits per heavy atom. The zero-order chi connectivity index (χ0) is 11.1. The van der Waals surface area contributed by atoms with Crippen molar-refractivity contribution in [1.82, 2.24) is 9.55 Å². The average Bonchev–Trinajstić information content (AvgIpc) is 2.87. The van der Waals surface area contributed by atoms with E-state index in [1.54, 1.807) is 0 Å². The van der Waals surface area contributed by atoms with E-state index >= 15 is 0 Å². The molecule has 5 heteroatoms. The molecule has 1 aromatic rings. The van der Waals surface area contributed by atoms with Gasteiger partial charge in [0, 0.05) is 25.0 Å². The second-order valence-corrected chi connectivity index (χ2v) is 5.20. The second-order valence-electron chi connectivity index (χ2n) is 4.84. The highest BCUT2D eigenvalue weighted by Gasteiger charge is 2.27. The van der Waals surface area contributed by atoms with Crippen molar-refractivity contribution in [2.45, 2.75) is 44.2 Å². The first kappa shape index (κ1) is 10.4. The van der Waals surface area contributed by atoms with Crippen molar-refractivity contribution < 1.29 is 0 Å². The minimum Gasteiger partial charge on any atom is -0.354 e. The van der Waals surface area contributed by atoms with Crippen LogP contribution in [-0.2, 0) is 6.54 Å². The lowest BCUT2D eigenvalue weighted by atomic mass is 10.1. The van der Waals surface area contributed by atoms with Gasteiger partial charge in [-0.05, 0) is 12.8 Å². The maximum Gasteiger partial charge on any atom is 0.204 e. The molecule has 0 bridgehead atoms. The summed E-state index contributed by atoms with van der Waals surface area (Å²) in [5.41, 5.74) is 6.99. The quantitative estimate of drug-likeness (QED) is 0.789. The number of rotatable bonds is 1. The van der Waals surface area contributed by atoms with Crippen LogP contribution in [0.15, 0.2) is 0 Å². The van der Waals surface area contributed by atoms with Crippen LogP contribution in [0.25, 0.3) is 0 Å². The van der Waals surface area contributed by atoms with E-state index in [0.717, 1.165) is 29.9 Å². The third-order valence-corrected chi connectivity index (χ3v) is 4.01. The summed E-state index contributed by atoms with van der Waals surface area (Å²) in [5.74, 6) is 1.46. The van der Waals surface area contributed by atoms with Gasteiger partial charge >= 0.3 is 0 Å². The van der Waals surface area contributed by atoms with Crippen LogP contribution in [-0.4, -0.2) is 22.1 Å². The Labute approximate surface area is 100 Å². The molecule has 1 aliphatic heterocycles. The highest BCUT2D eigenvalue weighted by atomic mass is 35.5. The van der Waals surface area contributed by atoms with Crippen molar-refractivity contribution in [3.63, 3.8) is 0 Å². The monoisotopic (exact) mass is 240 g/mol. The first-order valence-electron chi connectivity index (χ1n) is 6.01. The van der Waals surface area contributed by atoms with Crippen LogP contribution < -0.4 is 11.1 Å². The SMILES string of the molecule is NC1CNc2nc(C3CCCC3)c(Cl)n2C1. The van der Waals surface area contributed by atoms with E-state index in [4.69, 9.17) is 17.3 Å². The Kier molecular flexibility index (Phi) is 2.56. The first-order chi connectivity index (χ1) is 7.75. The minimum absolute atomic E-state index is 0.135. The number of imidazole rings is 1. The van der Waals surface area contributed by atoms with Crippen molar-refractivity contribution in [2.75, 3.05) is 11.9 Å². The van der Waals surface area contributed by atoms with Crippen LogP contribution in [0.2, 0.25) is 5.15 Å². The van der Waals surface area contributed by atoms with E-state index < -0.39 is 0 Å². The number of fused-ring (bicyclic) bond motifs is 1. The van der Waals surface area contributed by atoms with Gasteiger partial charge in [-0.25, -0.2) is 4.98 Å². The predicted octanol–water partition coefficient (Wildman–Crippen LogP) is 1.95. The Bertz CT molecular complexity index is 395. The lowest BCUT2D eigenvalue weighted by Crippen LogP contribution is -2.38. The molecule has 3 N–H and O–H groups in total. The maximum absolute atomic E-state index is 6.39. The van der Waals surface area contributed by atoms with Crippen LogP contribution >= 0.6 is 11.6 Å². The van der Waals surface area contributed by atoms with Crippen LogP contribution in [0, 0.1) is 0 Å². The highest BCUT2D eigenvalue weighted by Crippen LogP contribution is 2.38. The van der Waals surface area contributed by atoms with Gasteiger partial charge in [0.05, 0.1) is 5.69 Å². The number of anilines is 1. The topological polar surface area (TPSA) is 55.9 Å². The number of nitrogens with one attached hydrogen (secondary N) is 1. The third kappa shape index (κ3) is 1.60. The molecule has 1 aromatic heterocycles.